The molecular formula is C13H12O4. The number of cyclic esters (lactones) is 1. The van der Waals surface area contributed by atoms with Gasteiger partial charge in [0.2, 0.25) is 0 Å². The Balaban J connectivity index is 1.84. The third kappa shape index (κ3) is 1.33. The maximum Gasteiger partial charge on any atom is 0.339 e. The number of carbonyl (C=O) groups excluding carboxylic acids is 1. The Morgan fingerprint density at radius 1 is 1.06 bits per heavy atom. The predicted octanol–water partition coefficient (Wildman–Crippen LogP) is 2.08. The summed E-state index contributed by atoms with van der Waals surface area (Å²) in [5.74, 6) is 1.67. The highest BCUT2D eigenvalue weighted by Gasteiger charge is 2.42. The van der Waals surface area contributed by atoms with E-state index in [9.17, 15) is 4.79 Å². The molecule has 1 aromatic rings. The summed E-state index contributed by atoms with van der Waals surface area (Å²) in [7, 11) is 0. The lowest BCUT2D eigenvalue weighted by Gasteiger charge is -2.19. The quantitative estimate of drug-likeness (QED) is 0.695. The minimum atomic E-state index is -0.228. The van der Waals surface area contributed by atoms with Crippen molar-refractivity contribution in [3.05, 3.63) is 23.3 Å². The highest BCUT2D eigenvalue weighted by atomic mass is 16.6. The minimum Gasteiger partial charge on any atom is -0.486 e. The van der Waals surface area contributed by atoms with Gasteiger partial charge in [0.25, 0.3) is 0 Å². The molecule has 2 aliphatic heterocycles. The smallest absolute Gasteiger partial charge is 0.339 e. The maximum atomic E-state index is 11.8. The summed E-state index contributed by atoms with van der Waals surface area (Å²) in [6.07, 6.45) is 2.23. The van der Waals surface area contributed by atoms with Gasteiger partial charge < -0.3 is 14.2 Å². The molecule has 3 aliphatic rings. The summed E-state index contributed by atoms with van der Waals surface area (Å²) in [4.78, 5) is 11.8. The molecule has 0 unspecified atom stereocenters. The largest absolute Gasteiger partial charge is 0.486 e. The fourth-order valence-electron chi connectivity index (χ4n) is 2.51. The van der Waals surface area contributed by atoms with Gasteiger partial charge in [0.05, 0.1) is 5.56 Å². The van der Waals surface area contributed by atoms with E-state index in [0.717, 1.165) is 24.2 Å². The van der Waals surface area contributed by atoms with Crippen LogP contribution < -0.4 is 9.47 Å². The second-order valence-corrected chi connectivity index (χ2v) is 4.75. The highest BCUT2D eigenvalue weighted by Crippen LogP contribution is 2.50. The Bertz CT molecular complexity index is 504. The van der Waals surface area contributed by atoms with Gasteiger partial charge in [0, 0.05) is 11.5 Å². The van der Waals surface area contributed by atoms with Gasteiger partial charge in [0.1, 0.15) is 19.3 Å². The van der Waals surface area contributed by atoms with Crippen LogP contribution in [0.25, 0.3) is 0 Å². The minimum absolute atomic E-state index is 0.0617. The third-order valence-corrected chi connectivity index (χ3v) is 3.52. The van der Waals surface area contributed by atoms with E-state index in [1.807, 2.05) is 6.07 Å². The fraction of sp³-hybridized carbons (Fsp3) is 0.462. The Labute approximate surface area is 98.5 Å². The number of carbonyl (C=O) groups is 1. The number of benzene rings is 1. The van der Waals surface area contributed by atoms with Crippen LogP contribution in [0.2, 0.25) is 0 Å². The second kappa shape index (κ2) is 3.15. The summed E-state index contributed by atoms with van der Waals surface area (Å²) >= 11 is 0. The van der Waals surface area contributed by atoms with E-state index in [1.165, 1.54) is 0 Å². The summed E-state index contributed by atoms with van der Waals surface area (Å²) < 4.78 is 16.4. The van der Waals surface area contributed by atoms with Crippen molar-refractivity contribution in [2.24, 2.45) is 5.92 Å². The topological polar surface area (TPSA) is 44.8 Å². The van der Waals surface area contributed by atoms with Crippen LogP contribution in [0.1, 0.15) is 34.9 Å². The Morgan fingerprint density at radius 3 is 2.47 bits per heavy atom. The molecule has 0 amide bonds. The number of rotatable bonds is 1. The Hall–Kier alpha value is -1.71. The van der Waals surface area contributed by atoms with Crippen molar-refractivity contribution in [1.82, 2.24) is 0 Å². The lowest BCUT2D eigenvalue weighted by atomic mass is 10.0. The molecule has 0 aromatic heterocycles. The fourth-order valence-corrected chi connectivity index (χ4v) is 2.51. The van der Waals surface area contributed by atoms with Crippen LogP contribution in [-0.4, -0.2) is 19.2 Å². The standard InChI is InChI=1S/C13H12O4/c14-13-9-6-11-10(15-3-4-16-11)5-8(9)12(17-13)7-1-2-7/h5-7,12H,1-4H2/t12-/m1/s1. The Kier molecular flexibility index (Phi) is 1.73. The zero-order valence-corrected chi connectivity index (χ0v) is 9.27. The van der Waals surface area contributed by atoms with Gasteiger partial charge in [0.15, 0.2) is 11.5 Å². The normalized spacial score (nSPS) is 25.4. The van der Waals surface area contributed by atoms with E-state index in [1.54, 1.807) is 6.07 Å². The molecule has 4 rings (SSSR count). The monoisotopic (exact) mass is 232 g/mol. The van der Waals surface area contributed by atoms with Crippen LogP contribution in [0.15, 0.2) is 12.1 Å². The lowest BCUT2D eigenvalue weighted by Crippen LogP contribution is -2.16. The molecule has 4 heteroatoms. The molecule has 1 aliphatic carbocycles. The van der Waals surface area contributed by atoms with Crippen molar-refractivity contribution in [3.63, 3.8) is 0 Å². The van der Waals surface area contributed by atoms with E-state index in [0.29, 0.717) is 30.4 Å². The number of hydrogen-bond acceptors (Lipinski definition) is 4. The average molecular weight is 232 g/mol. The van der Waals surface area contributed by atoms with Crippen LogP contribution in [0, 0.1) is 5.92 Å². The van der Waals surface area contributed by atoms with Gasteiger partial charge in [-0.2, -0.15) is 0 Å². The predicted molar refractivity (Wildman–Crippen MR) is 58.3 cm³/mol. The van der Waals surface area contributed by atoms with E-state index in [2.05, 4.69) is 0 Å². The number of ether oxygens (including phenoxy) is 3. The number of fused-ring (bicyclic) bond motifs is 2. The van der Waals surface area contributed by atoms with Gasteiger partial charge in [-0.15, -0.1) is 0 Å². The molecule has 1 atom stereocenters. The summed E-state index contributed by atoms with van der Waals surface area (Å²) in [6.45, 7) is 1.10. The molecule has 88 valence electrons. The molecule has 1 aromatic carbocycles. The van der Waals surface area contributed by atoms with Crippen LogP contribution >= 0.6 is 0 Å². The van der Waals surface area contributed by atoms with Crippen molar-refractivity contribution in [3.8, 4) is 11.5 Å². The molecule has 1 saturated carbocycles. The van der Waals surface area contributed by atoms with Crippen molar-refractivity contribution >= 4 is 5.97 Å². The van der Waals surface area contributed by atoms with Crippen LogP contribution in [0.3, 0.4) is 0 Å². The number of esters is 1. The summed E-state index contributed by atoms with van der Waals surface area (Å²) in [6, 6.07) is 3.67. The highest BCUT2D eigenvalue weighted by molar-refractivity contribution is 5.95. The molecule has 0 saturated heterocycles. The molecule has 0 spiro atoms. The zero-order chi connectivity index (χ0) is 11.4. The molecular weight excluding hydrogens is 220 g/mol. The zero-order valence-electron chi connectivity index (χ0n) is 9.27. The van der Waals surface area contributed by atoms with Crippen molar-refractivity contribution in [1.29, 1.82) is 0 Å². The van der Waals surface area contributed by atoms with Gasteiger partial charge in [-0.1, -0.05) is 0 Å². The van der Waals surface area contributed by atoms with Crippen molar-refractivity contribution in [2.75, 3.05) is 13.2 Å². The molecule has 2 heterocycles. The van der Waals surface area contributed by atoms with Gasteiger partial charge in [-0.25, -0.2) is 4.79 Å². The molecule has 4 nitrogen and oxygen atoms in total. The van der Waals surface area contributed by atoms with Crippen molar-refractivity contribution < 1.29 is 19.0 Å². The first kappa shape index (κ1) is 9.33. The summed E-state index contributed by atoms with van der Waals surface area (Å²) in [5.41, 5.74) is 1.62. The molecule has 1 fully saturated rings. The first-order chi connectivity index (χ1) is 8.33. The van der Waals surface area contributed by atoms with E-state index in [4.69, 9.17) is 14.2 Å². The first-order valence-electron chi connectivity index (χ1n) is 5.97. The maximum absolute atomic E-state index is 11.8. The van der Waals surface area contributed by atoms with Crippen LogP contribution in [0.5, 0.6) is 11.5 Å². The van der Waals surface area contributed by atoms with Crippen LogP contribution in [-0.2, 0) is 4.74 Å². The Morgan fingerprint density at radius 2 is 1.76 bits per heavy atom. The SMILES string of the molecule is O=C1O[C@H](C2CC2)c2cc3c(cc21)OCCO3. The van der Waals surface area contributed by atoms with Crippen molar-refractivity contribution in [2.45, 2.75) is 18.9 Å². The van der Waals surface area contributed by atoms with Gasteiger partial charge in [-0.05, 0) is 25.0 Å². The molecule has 0 N–H and O–H groups in total. The summed E-state index contributed by atoms with van der Waals surface area (Å²) in [5, 5.41) is 0. The van der Waals surface area contributed by atoms with E-state index < -0.39 is 0 Å². The first-order valence-corrected chi connectivity index (χ1v) is 5.97. The molecule has 17 heavy (non-hydrogen) atoms. The number of hydrogen-bond donors (Lipinski definition) is 0. The van der Waals surface area contributed by atoms with Crippen LogP contribution in [0.4, 0.5) is 0 Å². The molecule has 0 radical (unpaired) electrons. The van der Waals surface area contributed by atoms with Gasteiger partial charge in [-0.3, -0.25) is 0 Å². The molecule has 0 bridgehead atoms. The lowest BCUT2D eigenvalue weighted by molar-refractivity contribution is 0.0338. The van der Waals surface area contributed by atoms with E-state index >= 15 is 0 Å². The average Bonchev–Trinajstić information content (AvgIpc) is 3.14. The van der Waals surface area contributed by atoms with Gasteiger partial charge >= 0.3 is 5.97 Å². The second-order valence-electron chi connectivity index (χ2n) is 4.75. The third-order valence-electron chi connectivity index (χ3n) is 3.52. The van der Waals surface area contributed by atoms with E-state index in [-0.39, 0.29) is 12.1 Å².